The Balaban J connectivity index is 1.38. The summed E-state index contributed by atoms with van der Waals surface area (Å²) >= 11 is 6.35. The number of ether oxygens (including phenoxy) is 1. The van der Waals surface area contributed by atoms with E-state index in [1.165, 1.54) is 5.57 Å². The van der Waals surface area contributed by atoms with Crippen molar-refractivity contribution >= 4 is 23.5 Å². The highest BCUT2D eigenvalue weighted by atomic mass is 35.5. The molecule has 1 aromatic carbocycles. The summed E-state index contributed by atoms with van der Waals surface area (Å²) in [5.74, 6) is -0.414. The van der Waals surface area contributed by atoms with E-state index in [9.17, 15) is 19.8 Å². The van der Waals surface area contributed by atoms with Crippen molar-refractivity contribution in [2.24, 2.45) is 50.2 Å². The van der Waals surface area contributed by atoms with Gasteiger partial charge in [0, 0.05) is 0 Å². The Bertz CT molecular complexity index is 1360. The first kappa shape index (κ1) is 31.1. The molecule has 9 atom stereocenters. The van der Waals surface area contributed by atoms with E-state index in [2.05, 4.69) is 54.5 Å². The number of carboxylic acids is 1. The van der Waals surface area contributed by atoms with Crippen LogP contribution in [0.4, 0.5) is 0 Å². The number of aliphatic hydroxyl groups excluding tert-OH is 1. The van der Waals surface area contributed by atoms with Crippen LogP contribution in [0.2, 0.25) is 5.02 Å². The lowest BCUT2D eigenvalue weighted by molar-refractivity contribution is -0.231. The number of hydrogen-bond acceptors (Lipinski definition) is 4. The molecule has 6 heteroatoms. The van der Waals surface area contributed by atoms with E-state index < -0.39 is 35.0 Å². The predicted octanol–water partition coefficient (Wildman–Crippen LogP) is 8.72. The van der Waals surface area contributed by atoms with Crippen molar-refractivity contribution in [3.05, 3.63) is 46.5 Å². The predicted molar refractivity (Wildman–Crippen MR) is 169 cm³/mol. The van der Waals surface area contributed by atoms with Gasteiger partial charge in [-0.05, 0) is 115 Å². The highest BCUT2D eigenvalue weighted by Crippen LogP contribution is 2.75. The van der Waals surface area contributed by atoms with E-state index in [4.69, 9.17) is 16.3 Å². The zero-order valence-corrected chi connectivity index (χ0v) is 27.9. The molecule has 4 saturated carbocycles. The summed E-state index contributed by atoms with van der Waals surface area (Å²) in [4.78, 5) is 26.3. The van der Waals surface area contributed by atoms with Crippen LogP contribution < -0.4 is 0 Å². The molecule has 0 radical (unpaired) electrons. The van der Waals surface area contributed by atoms with Crippen molar-refractivity contribution in [2.75, 3.05) is 0 Å². The Hall–Kier alpha value is -1.85. The third-order valence-corrected chi connectivity index (χ3v) is 14.7. The third kappa shape index (κ3) is 4.26. The topological polar surface area (TPSA) is 83.8 Å². The molecule has 0 bridgehead atoms. The number of allylic oxidation sites excluding steroid dienone is 2. The number of aliphatic carboxylic acids is 1. The normalized spacial score (nSPS) is 44.5. The Morgan fingerprint density at radius 3 is 2.26 bits per heavy atom. The number of fused-ring (bicyclic) bond motifs is 7. The van der Waals surface area contributed by atoms with Crippen molar-refractivity contribution in [2.45, 2.75) is 118 Å². The highest BCUT2D eigenvalue weighted by molar-refractivity contribution is 6.33. The Morgan fingerprint density at radius 2 is 1.58 bits per heavy atom. The average Bonchev–Trinajstić information content (AvgIpc) is 2.91. The molecule has 2 N–H and O–H groups in total. The lowest BCUT2D eigenvalue weighted by Gasteiger charge is -2.71. The lowest BCUT2D eigenvalue weighted by atomic mass is 9.33. The summed E-state index contributed by atoms with van der Waals surface area (Å²) in [5.41, 5.74) is 0.489. The molecule has 4 fully saturated rings. The average molecular weight is 611 g/mol. The van der Waals surface area contributed by atoms with E-state index in [-0.39, 0.29) is 33.5 Å². The number of hydrogen-bond donors (Lipinski definition) is 2. The fourth-order valence-corrected chi connectivity index (χ4v) is 11.9. The monoisotopic (exact) mass is 610 g/mol. The standard InChI is InChI=1S/C37H51ClO5/c1-32(2)16-18-37(31(41)42)19-17-35(6)23(24(37)20-32)12-13-28-34(5)21-26(43-30(40)22-10-8-9-11-25(22)38)29(39)33(3,4)27(34)14-15-36(28,35)7/h8-12,24,26-29,39H,13-21H2,1-7H3,(H,41,42)/t24-,26+,27-,28+,29-,34-,35+,36+,37-/m0/s1. The van der Waals surface area contributed by atoms with Crippen LogP contribution in [-0.4, -0.2) is 34.4 Å². The molecule has 6 rings (SSSR count). The van der Waals surface area contributed by atoms with Crippen LogP contribution in [0.3, 0.4) is 0 Å². The second-order valence-corrected chi connectivity index (χ2v) is 17.5. The maximum atomic E-state index is 13.3. The molecule has 0 aromatic heterocycles. The van der Waals surface area contributed by atoms with Gasteiger partial charge in [-0.25, -0.2) is 4.79 Å². The molecule has 1 aromatic rings. The summed E-state index contributed by atoms with van der Waals surface area (Å²) in [7, 11) is 0. The smallest absolute Gasteiger partial charge is 0.340 e. The first-order valence-corrected chi connectivity index (χ1v) is 16.9. The number of aliphatic hydroxyl groups is 1. The summed E-state index contributed by atoms with van der Waals surface area (Å²) < 4.78 is 6.14. The van der Waals surface area contributed by atoms with Gasteiger partial charge in [0.2, 0.25) is 0 Å². The van der Waals surface area contributed by atoms with E-state index >= 15 is 0 Å². The Labute approximate surface area is 262 Å². The fraction of sp³-hybridized carbons (Fsp3) is 0.730. The van der Waals surface area contributed by atoms with E-state index in [1.54, 1.807) is 24.3 Å². The number of carbonyl (C=O) groups is 2. The molecule has 0 unspecified atom stereocenters. The highest BCUT2D eigenvalue weighted by Gasteiger charge is 2.70. The molecule has 5 aliphatic rings. The van der Waals surface area contributed by atoms with E-state index in [1.807, 2.05) is 0 Å². The maximum Gasteiger partial charge on any atom is 0.340 e. The lowest BCUT2D eigenvalue weighted by Crippen LogP contribution is -2.67. The van der Waals surface area contributed by atoms with Gasteiger partial charge in [-0.15, -0.1) is 0 Å². The molecule has 0 amide bonds. The Kier molecular flexibility index (Phi) is 7.12. The van der Waals surface area contributed by atoms with Crippen molar-refractivity contribution in [1.82, 2.24) is 0 Å². The van der Waals surface area contributed by atoms with Gasteiger partial charge in [0.05, 0.1) is 22.1 Å². The van der Waals surface area contributed by atoms with Crippen LogP contribution in [0.5, 0.6) is 0 Å². The number of rotatable bonds is 3. The van der Waals surface area contributed by atoms with Crippen LogP contribution in [0.1, 0.15) is 117 Å². The van der Waals surface area contributed by atoms with Crippen LogP contribution in [0, 0.1) is 50.2 Å². The molecule has 0 aliphatic heterocycles. The van der Waals surface area contributed by atoms with Gasteiger partial charge in [0.1, 0.15) is 6.10 Å². The molecule has 43 heavy (non-hydrogen) atoms. The number of esters is 1. The van der Waals surface area contributed by atoms with Gasteiger partial charge in [-0.3, -0.25) is 4.79 Å². The molecule has 0 heterocycles. The van der Waals surface area contributed by atoms with Gasteiger partial charge >= 0.3 is 11.9 Å². The number of carbonyl (C=O) groups excluding carboxylic acids is 1. The molecular weight excluding hydrogens is 560 g/mol. The fourth-order valence-electron chi connectivity index (χ4n) is 11.7. The minimum absolute atomic E-state index is 0.0236. The molecular formula is C37H51ClO5. The molecule has 0 spiro atoms. The van der Waals surface area contributed by atoms with Crippen molar-refractivity contribution in [3.63, 3.8) is 0 Å². The van der Waals surface area contributed by atoms with Gasteiger partial charge in [-0.2, -0.15) is 0 Å². The quantitative estimate of drug-likeness (QED) is 0.264. The molecule has 0 saturated heterocycles. The Morgan fingerprint density at radius 1 is 0.907 bits per heavy atom. The van der Waals surface area contributed by atoms with Gasteiger partial charge in [0.25, 0.3) is 0 Å². The van der Waals surface area contributed by atoms with E-state index in [0.29, 0.717) is 22.9 Å². The minimum atomic E-state index is -0.776. The summed E-state index contributed by atoms with van der Waals surface area (Å²) in [6, 6.07) is 6.93. The van der Waals surface area contributed by atoms with Crippen LogP contribution in [0.15, 0.2) is 35.9 Å². The summed E-state index contributed by atoms with van der Waals surface area (Å²) in [6.07, 6.45) is 8.91. The first-order valence-electron chi connectivity index (χ1n) is 16.5. The SMILES string of the molecule is CC1(C)CC[C@]2(C(=O)O)CC[C@]3(C)C(=CC[C@@H]4[C@@]5(C)C[C@@H](OC(=O)c6ccccc6Cl)[C@H](O)C(C)(C)[C@@H]5CC[C@]43C)[C@@H]2C1. The zero-order chi connectivity index (χ0) is 31.4. The van der Waals surface area contributed by atoms with Gasteiger partial charge in [0.15, 0.2) is 0 Å². The van der Waals surface area contributed by atoms with Crippen molar-refractivity contribution < 1.29 is 24.5 Å². The largest absolute Gasteiger partial charge is 0.481 e. The first-order chi connectivity index (χ1) is 19.9. The second kappa shape index (κ2) is 9.82. The van der Waals surface area contributed by atoms with Crippen LogP contribution >= 0.6 is 11.6 Å². The molecule has 5 nitrogen and oxygen atoms in total. The molecule has 236 valence electrons. The summed E-state index contributed by atoms with van der Waals surface area (Å²) in [5, 5.41) is 22.7. The molecule has 5 aliphatic carbocycles. The van der Waals surface area contributed by atoms with Gasteiger partial charge in [-0.1, -0.05) is 83.8 Å². The second-order valence-electron chi connectivity index (χ2n) is 17.1. The third-order valence-electron chi connectivity index (χ3n) is 14.3. The zero-order valence-electron chi connectivity index (χ0n) is 27.1. The summed E-state index contributed by atoms with van der Waals surface area (Å²) in [6.45, 7) is 16.2. The number of halogens is 1. The van der Waals surface area contributed by atoms with Crippen LogP contribution in [0.25, 0.3) is 0 Å². The van der Waals surface area contributed by atoms with E-state index in [0.717, 1.165) is 51.4 Å². The van der Waals surface area contributed by atoms with Crippen molar-refractivity contribution in [3.8, 4) is 0 Å². The number of benzene rings is 1. The van der Waals surface area contributed by atoms with Gasteiger partial charge < -0.3 is 14.9 Å². The van der Waals surface area contributed by atoms with Crippen LogP contribution in [-0.2, 0) is 9.53 Å². The minimum Gasteiger partial charge on any atom is -0.481 e. The van der Waals surface area contributed by atoms with Crippen molar-refractivity contribution in [1.29, 1.82) is 0 Å². The number of carboxylic acid groups (broad SMARTS) is 1. The maximum absolute atomic E-state index is 13.3.